The average Bonchev–Trinajstić information content (AvgIpc) is 3.29. The number of nitrogens with one attached hydrogen (secondary N) is 1. The van der Waals surface area contributed by atoms with Crippen LogP contribution in [0.4, 0.5) is 0 Å². The lowest BCUT2D eigenvalue weighted by Crippen LogP contribution is -2.35. The second kappa shape index (κ2) is 10.9. The SMILES string of the molecule is CC(=O)NCCc1ccc(C(=O)CSc2nc3ccccc3c(=O)n2C2CCCC(C)C2C)s1. The number of hydrogen-bond acceptors (Lipinski definition) is 6. The van der Waals surface area contributed by atoms with E-state index in [4.69, 9.17) is 4.98 Å². The average molecular weight is 498 g/mol. The third-order valence-electron chi connectivity index (χ3n) is 6.79. The van der Waals surface area contributed by atoms with Gasteiger partial charge in [0.15, 0.2) is 10.9 Å². The molecule has 34 heavy (non-hydrogen) atoms. The molecule has 1 aliphatic rings. The smallest absolute Gasteiger partial charge is 0.262 e. The quantitative estimate of drug-likeness (QED) is 0.266. The third-order valence-corrected chi connectivity index (χ3v) is 8.92. The van der Waals surface area contributed by atoms with Crippen molar-refractivity contribution in [3.8, 4) is 0 Å². The zero-order valence-corrected chi connectivity index (χ0v) is 21.5. The molecular formula is C26H31N3O3S2. The van der Waals surface area contributed by atoms with Gasteiger partial charge in [0, 0.05) is 24.4 Å². The molecule has 4 rings (SSSR count). The summed E-state index contributed by atoms with van der Waals surface area (Å²) < 4.78 is 1.87. The Morgan fingerprint density at radius 2 is 1.97 bits per heavy atom. The van der Waals surface area contributed by atoms with Gasteiger partial charge in [-0.2, -0.15) is 0 Å². The summed E-state index contributed by atoms with van der Waals surface area (Å²) in [6, 6.07) is 11.3. The molecule has 1 amide bonds. The third kappa shape index (κ3) is 5.44. The Labute approximate surface area is 208 Å². The summed E-state index contributed by atoms with van der Waals surface area (Å²) in [5, 5.41) is 4.04. The first-order chi connectivity index (χ1) is 16.3. The Kier molecular flexibility index (Phi) is 7.88. The van der Waals surface area contributed by atoms with E-state index in [1.807, 2.05) is 41.0 Å². The molecular weight excluding hydrogens is 466 g/mol. The van der Waals surface area contributed by atoms with E-state index < -0.39 is 0 Å². The van der Waals surface area contributed by atoms with Crippen molar-refractivity contribution in [2.45, 2.75) is 57.7 Å². The number of Topliss-reactive ketones (excluding diaryl/α,β-unsaturated/α-hetero) is 1. The van der Waals surface area contributed by atoms with E-state index in [-0.39, 0.29) is 29.0 Å². The summed E-state index contributed by atoms with van der Waals surface area (Å²) in [4.78, 5) is 44.2. The topological polar surface area (TPSA) is 81.1 Å². The molecule has 0 saturated heterocycles. The fourth-order valence-electron chi connectivity index (χ4n) is 4.66. The van der Waals surface area contributed by atoms with Gasteiger partial charge in [0.2, 0.25) is 5.91 Å². The highest BCUT2D eigenvalue weighted by molar-refractivity contribution is 7.99. The van der Waals surface area contributed by atoms with E-state index in [0.29, 0.717) is 45.7 Å². The Hall–Kier alpha value is -2.45. The number of hydrogen-bond donors (Lipinski definition) is 1. The van der Waals surface area contributed by atoms with Gasteiger partial charge in [0.1, 0.15) is 0 Å². The molecule has 2 aromatic heterocycles. The first kappa shape index (κ1) is 24.7. The normalized spacial score (nSPS) is 20.4. The van der Waals surface area contributed by atoms with E-state index in [9.17, 15) is 14.4 Å². The number of amides is 1. The van der Waals surface area contributed by atoms with E-state index in [2.05, 4.69) is 19.2 Å². The Balaban J connectivity index is 1.57. The molecule has 0 aliphatic heterocycles. The van der Waals surface area contributed by atoms with Gasteiger partial charge >= 0.3 is 0 Å². The summed E-state index contributed by atoms with van der Waals surface area (Å²) >= 11 is 2.82. The number of rotatable bonds is 8. The molecule has 3 atom stereocenters. The number of para-hydroxylation sites is 1. The van der Waals surface area contributed by atoms with Crippen LogP contribution in [0.15, 0.2) is 46.3 Å². The highest BCUT2D eigenvalue weighted by Crippen LogP contribution is 2.39. The van der Waals surface area contributed by atoms with Crippen LogP contribution in [0.5, 0.6) is 0 Å². The largest absolute Gasteiger partial charge is 0.356 e. The van der Waals surface area contributed by atoms with Gasteiger partial charge in [-0.25, -0.2) is 4.98 Å². The van der Waals surface area contributed by atoms with Crippen molar-refractivity contribution in [3.63, 3.8) is 0 Å². The minimum Gasteiger partial charge on any atom is -0.356 e. The number of thioether (sulfide) groups is 1. The summed E-state index contributed by atoms with van der Waals surface area (Å²) in [5.41, 5.74) is 0.662. The second-order valence-corrected chi connectivity index (χ2v) is 11.2. The molecule has 0 spiro atoms. The number of aromatic nitrogens is 2. The number of carbonyl (C=O) groups is 2. The lowest BCUT2D eigenvalue weighted by atomic mass is 9.78. The molecule has 180 valence electrons. The van der Waals surface area contributed by atoms with Gasteiger partial charge in [0.25, 0.3) is 5.56 Å². The maximum absolute atomic E-state index is 13.6. The monoisotopic (exact) mass is 497 g/mol. The summed E-state index contributed by atoms with van der Waals surface area (Å²) in [6.07, 6.45) is 3.93. The molecule has 1 aliphatic carbocycles. The van der Waals surface area contributed by atoms with Gasteiger partial charge in [-0.1, -0.05) is 50.6 Å². The van der Waals surface area contributed by atoms with Gasteiger partial charge in [-0.05, 0) is 48.9 Å². The van der Waals surface area contributed by atoms with Crippen LogP contribution in [0.2, 0.25) is 0 Å². The molecule has 8 heteroatoms. The zero-order chi connectivity index (χ0) is 24.2. The van der Waals surface area contributed by atoms with Gasteiger partial charge in [-0.15, -0.1) is 11.3 Å². The van der Waals surface area contributed by atoms with Crippen molar-refractivity contribution < 1.29 is 9.59 Å². The predicted molar refractivity (Wildman–Crippen MR) is 139 cm³/mol. The number of thiophene rings is 1. The van der Waals surface area contributed by atoms with Crippen molar-refractivity contribution >= 4 is 45.7 Å². The van der Waals surface area contributed by atoms with Crippen molar-refractivity contribution in [2.75, 3.05) is 12.3 Å². The predicted octanol–water partition coefficient (Wildman–Crippen LogP) is 5.11. The van der Waals surface area contributed by atoms with Gasteiger partial charge < -0.3 is 5.32 Å². The number of nitrogens with zero attached hydrogens (tertiary/aromatic N) is 2. The molecule has 1 saturated carbocycles. The minimum absolute atomic E-state index is 0.0112. The first-order valence-electron chi connectivity index (χ1n) is 11.9. The van der Waals surface area contributed by atoms with Crippen LogP contribution in [0.25, 0.3) is 10.9 Å². The number of fused-ring (bicyclic) bond motifs is 1. The van der Waals surface area contributed by atoms with Crippen molar-refractivity contribution in [2.24, 2.45) is 11.8 Å². The molecule has 0 bridgehead atoms. The number of benzene rings is 1. The second-order valence-electron chi connectivity index (χ2n) is 9.13. The van der Waals surface area contributed by atoms with E-state index in [0.717, 1.165) is 17.7 Å². The van der Waals surface area contributed by atoms with Crippen LogP contribution in [0.3, 0.4) is 0 Å². The van der Waals surface area contributed by atoms with Crippen LogP contribution < -0.4 is 10.9 Å². The lowest BCUT2D eigenvalue weighted by Gasteiger charge is -2.36. The molecule has 1 fully saturated rings. The highest BCUT2D eigenvalue weighted by atomic mass is 32.2. The summed E-state index contributed by atoms with van der Waals surface area (Å²) in [7, 11) is 0. The maximum Gasteiger partial charge on any atom is 0.262 e. The zero-order valence-electron chi connectivity index (χ0n) is 19.9. The molecule has 3 aromatic rings. The fraction of sp³-hybridized carbons (Fsp3) is 0.462. The van der Waals surface area contributed by atoms with E-state index in [1.165, 1.54) is 36.4 Å². The summed E-state index contributed by atoms with van der Waals surface area (Å²) in [5.74, 6) is 1.11. The number of carbonyl (C=O) groups excluding carboxylic acids is 2. The molecule has 1 N–H and O–H groups in total. The van der Waals surface area contributed by atoms with E-state index >= 15 is 0 Å². The van der Waals surface area contributed by atoms with Crippen molar-refractivity contribution in [1.29, 1.82) is 0 Å². The Morgan fingerprint density at radius 1 is 1.18 bits per heavy atom. The minimum atomic E-state index is -0.0557. The molecule has 3 unspecified atom stereocenters. The number of ketones is 1. The van der Waals surface area contributed by atoms with Crippen molar-refractivity contribution in [1.82, 2.24) is 14.9 Å². The fourth-order valence-corrected chi connectivity index (χ4v) is 6.64. The molecule has 1 aromatic carbocycles. The van der Waals surface area contributed by atoms with Crippen molar-refractivity contribution in [3.05, 3.63) is 56.5 Å². The van der Waals surface area contributed by atoms with Gasteiger partial charge in [0.05, 0.1) is 21.5 Å². The van der Waals surface area contributed by atoms with Gasteiger partial charge in [-0.3, -0.25) is 19.0 Å². The lowest BCUT2D eigenvalue weighted by molar-refractivity contribution is -0.118. The highest BCUT2D eigenvalue weighted by Gasteiger charge is 2.31. The molecule has 2 heterocycles. The maximum atomic E-state index is 13.6. The first-order valence-corrected chi connectivity index (χ1v) is 13.7. The Morgan fingerprint density at radius 3 is 2.76 bits per heavy atom. The van der Waals surface area contributed by atoms with Crippen LogP contribution in [-0.4, -0.2) is 33.5 Å². The molecule has 0 radical (unpaired) electrons. The van der Waals surface area contributed by atoms with Crippen LogP contribution >= 0.6 is 23.1 Å². The standard InChI is InChI=1S/C26H31N3O3S2/c1-16-7-6-10-22(17(16)2)29-25(32)20-8-4-5-9-21(20)28-26(29)33-15-23(31)24-12-11-19(34-24)13-14-27-18(3)30/h4-5,8-9,11-12,16-17,22H,6-7,10,13-15H2,1-3H3,(H,27,30). The van der Waals surface area contributed by atoms with Crippen LogP contribution in [0.1, 0.15) is 60.6 Å². The van der Waals surface area contributed by atoms with Crippen LogP contribution in [-0.2, 0) is 11.2 Å². The van der Waals surface area contributed by atoms with E-state index in [1.54, 1.807) is 0 Å². The molecule has 6 nitrogen and oxygen atoms in total. The Bertz CT molecular complexity index is 1250. The summed E-state index contributed by atoms with van der Waals surface area (Å²) in [6.45, 7) is 6.54. The van der Waals surface area contributed by atoms with Crippen LogP contribution in [0, 0.1) is 11.8 Å².